The van der Waals surface area contributed by atoms with Gasteiger partial charge in [-0.3, -0.25) is 4.79 Å². The third-order valence-corrected chi connectivity index (χ3v) is 4.05. The number of amides is 1. The average Bonchev–Trinajstić information content (AvgIpc) is 3.11. The second-order valence-corrected chi connectivity index (χ2v) is 5.76. The Labute approximate surface area is 157 Å². The van der Waals surface area contributed by atoms with Crippen molar-refractivity contribution in [2.45, 2.75) is 6.61 Å². The van der Waals surface area contributed by atoms with Crippen molar-refractivity contribution in [2.24, 2.45) is 7.05 Å². The molecule has 1 aromatic heterocycles. The molecular weight excluding hydrogens is 346 g/mol. The van der Waals surface area contributed by atoms with Gasteiger partial charge in [-0.15, -0.1) is 0 Å². The highest BCUT2D eigenvalue weighted by Crippen LogP contribution is 2.31. The molecule has 0 aliphatic rings. The van der Waals surface area contributed by atoms with Crippen LogP contribution in [0, 0.1) is 0 Å². The fraction of sp³-hybridized carbons (Fsp3) is 0.200. The molecule has 0 bridgehead atoms. The lowest BCUT2D eigenvalue weighted by Crippen LogP contribution is -2.13. The maximum Gasteiger partial charge on any atom is 0.259 e. The molecule has 140 valence electrons. The quantitative estimate of drug-likeness (QED) is 0.694. The van der Waals surface area contributed by atoms with Gasteiger partial charge in [0.25, 0.3) is 5.91 Å². The van der Waals surface area contributed by atoms with E-state index in [1.807, 2.05) is 17.8 Å². The molecule has 0 radical (unpaired) electrons. The Morgan fingerprint density at radius 2 is 1.89 bits per heavy atom. The number of nitrogens with one attached hydrogen (secondary N) is 1. The molecule has 2 aromatic carbocycles. The van der Waals surface area contributed by atoms with Crippen molar-refractivity contribution >= 4 is 11.6 Å². The number of methoxy groups -OCH3 is 2. The standard InChI is InChI=1S/C20H21N3O4/c1-23-12-11-21-18(23)13-27-15-9-7-14(8-10-15)22-20(24)16-5-4-6-17(25-2)19(16)26-3/h4-12H,13H2,1-3H3,(H,22,24). The van der Waals surface area contributed by atoms with Gasteiger partial charge in [0.15, 0.2) is 11.5 Å². The summed E-state index contributed by atoms with van der Waals surface area (Å²) in [6.45, 7) is 0.371. The third kappa shape index (κ3) is 4.20. The molecule has 0 spiro atoms. The van der Waals surface area contributed by atoms with Crippen LogP contribution < -0.4 is 19.5 Å². The number of hydrogen-bond donors (Lipinski definition) is 1. The van der Waals surface area contributed by atoms with E-state index in [0.717, 1.165) is 5.82 Å². The van der Waals surface area contributed by atoms with Gasteiger partial charge in [-0.05, 0) is 36.4 Å². The lowest BCUT2D eigenvalue weighted by Gasteiger charge is -2.13. The number of carbonyl (C=O) groups is 1. The Balaban J connectivity index is 1.66. The predicted molar refractivity (Wildman–Crippen MR) is 101 cm³/mol. The average molecular weight is 367 g/mol. The van der Waals surface area contributed by atoms with Crippen LogP contribution in [0.5, 0.6) is 17.2 Å². The number of carbonyl (C=O) groups excluding carboxylic acids is 1. The molecule has 0 unspecified atom stereocenters. The molecule has 0 saturated heterocycles. The van der Waals surface area contributed by atoms with E-state index < -0.39 is 0 Å². The van der Waals surface area contributed by atoms with Crippen LogP contribution in [-0.2, 0) is 13.7 Å². The predicted octanol–water partition coefficient (Wildman–Crippen LogP) is 3.27. The summed E-state index contributed by atoms with van der Waals surface area (Å²) in [5.41, 5.74) is 1.04. The second-order valence-electron chi connectivity index (χ2n) is 5.76. The van der Waals surface area contributed by atoms with E-state index in [4.69, 9.17) is 14.2 Å². The van der Waals surface area contributed by atoms with Gasteiger partial charge < -0.3 is 24.1 Å². The molecule has 0 saturated carbocycles. The number of imidazole rings is 1. The molecular formula is C20H21N3O4. The highest BCUT2D eigenvalue weighted by molar-refractivity contribution is 6.06. The van der Waals surface area contributed by atoms with Gasteiger partial charge in [0, 0.05) is 25.1 Å². The van der Waals surface area contributed by atoms with Crippen molar-refractivity contribution < 1.29 is 19.0 Å². The molecule has 3 aromatic rings. The first-order valence-corrected chi connectivity index (χ1v) is 8.33. The number of ether oxygens (including phenoxy) is 3. The summed E-state index contributed by atoms with van der Waals surface area (Å²) in [6.07, 6.45) is 3.59. The van der Waals surface area contributed by atoms with Crippen molar-refractivity contribution in [1.29, 1.82) is 0 Å². The Morgan fingerprint density at radius 3 is 2.52 bits per heavy atom. The van der Waals surface area contributed by atoms with Crippen LogP contribution in [0.15, 0.2) is 54.9 Å². The van der Waals surface area contributed by atoms with E-state index in [2.05, 4.69) is 10.3 Å². The Kier molecular flexibility index (Phi) is 5.61. The zero-order valence-electron chi connectivity index (χ0n) is 15.4. The number of nitrogens with zero attached hydrogens (tertiary/aromatic N) is 2. The van der Waals surface area contributed by atoms with Crippen LogP contribution in [0.4, 0.5) is 5.69 Å². The fourth-order valence-electron chi connectivity index (χ4n) is 2.58. The molecule has 0 aliphatic heterocycles. The van der Waals surface area contributed by atoms with E-state index in [-0.39, 0.29) is 5.91 Å². The molecule has 0 aliphatic carbocycles. The molecule has 7 heteroatoms. The lowest BCUT2D eigenvalue weighted by atomic mass is 10.1. The highest BCUT2D eigenvalue weighted by Gasteiger charge is 2.16. The molecule has 27 heavy (non-hydrogen) atoms. The summed E-state index contributed by atoms with van der Waals surface area (Å²) in [7, 11) is 4.95. The van der Waals surface area contributed by atoms with Gasteiger partial charge in [-0.1, -0.05) is 6.07 Å². The summed E-state index contributed by atoms with van der Waals surface area (Å²) in [4.78, 5) is 16.8. The zero-order valence-corrected chi connectivity index (χ0v) is 15.4. The molecule has 3 rings (SSSR count). The second kappa shape index (κ2) is 8.27. The van der Waals surface area contributed by atoms with Gasteiger partial charge in [0.1, 0.15) is 18.2 Å². The van der Waals surface area contributed by atoms with E-state index in [0.29, 0.717) is 35.1 Å². The number of anilines is 1. The van der Waals surface area contributed by atoms with Crippen molar-refractivity contribution in [1.82, 2.24) is 9.55 Å². The summed E-state index contributed by atoms with van der Waals surface area (Å²) >= 11 is 0. The SMILES string of the molecule is COc1cccc(C(=O)Nc2ccc(OCc3nccn3C)cc2)c1OC. The van der Waals surface area contributed by atoms with Crippen molar-refractivity contribution in [3.05, 3.63) is 66.2 Å². The van der Waals surface area contributed by atoms with Crippen molar-refractivity contribution in [3.63, 3.8) is 0 Å². The molecule has 1 amide bonds. The van der Waals surface area contributed by atoms with Crippen LogP contribution in [0.3, 0.4) is 0 Å². The molecule has 0 fully saturated rings. The minimum absolute atomic E-state index is 0.285. The normalized spacial score (nSPS) is 10.3. The van der Waals surface area contributed by atoms with Gasteiger partial charge in [0.05, 0.1) is 19.8 Å². The lowest BCUT2D eigenvalue weighted by molar-refractivity contribution is 0.102. The van der Waals surface area contributed by atoms with Crippen LogP contribution in [-0.4, -0.2) is 29.7 Å². The summed E-state index contributed by atoms with van der Waals surface area (Å²) < 4.78 is 18.1. The Hall–Kier alpha value is -3.48. The largest absolute Gasteiger partial charge is 0.493 e. The maximum atomic E-state index is 12.6. The van der Waals surface area contributed by atoms with E-state index in [9.17, 15) is 4.79 Å². The van der Waals surface area contributed by atoms with Gasteiger partial charge in [-0.2, -0.15) is 0 Å². The summed E-state index contributed by atoms with van der Waals surface area (Å²) in [5, 5.41) is 2.84. The van der Waals surface area contributed by atoms with Crippen LogP contribution >= 0.6 is 0 Å². The maximum absolute atomic E-state index is 12.6. The first-order chi connectivity index (χ1) is 13.1. The Bertz CT molecular complexity index is 919. The minimum Gasteiger partial charge on any atom is -0.493 e. The number of hydrogen-bond acceptors (Lipinski definition) is 5. The third-order valence-electron chi connectivity index (χ3n) is 4.05. The van der Waals surface area contributed by atoms with Crippen LogP contribution in [0.1, 0.15) is 16.2 Å². The van der Waals surface area contributed by atoms with Crippen LogP contribution in [0.2, 0.25) is 0 Å². The minimum atomic E-state index is -0.285. The van der Waals surface area contributed by atoms with Crippen LogP contribution in [0.25, 0.3) is 0 Å². The Morgan fingerprint density at radius 1 is 1.11 bits per heavy atom. The molecule has 0 atom stereocenters. The fourth-order valence-corrected chi connectivity index (χ4v) is 2.58. The number of rotatable bonds is 7. The monoisotopic (exact) mass is 367 g/mol. The number of benzene rings is 2. The molecule has 1 N–H and O–H groups in total. The number of aryl methyl sites for hydroxylation is 1. The topological polar surface area (TPSA) is 74.6 Å². The highest BCUT2D eigenvalue weighted by atomic mass is 16.5. The number of para-hydroxylation sites is 1. The number of aromatic nitrogens is 2. The van der Waals surface area contributed by atoms with Gasteiger partial charge in [0.2, 0.25) is 0 Å². The first kappa shape index (κ1) is 18.3. The van der Waals surface area contributed by atoms with Crippen molar-refractivity contribution in [2.75, 3.05) is 19.5 Å². The first-order valence-electron chi connectivity index (χ1n) is 8.33. The van der Waals surface area contributed by atoms with Gasteiger partial charge in [-0.25, -0.2) is 4.98 Å². The van der Waals surface area contributed by atoms with Gasteiger partial charge >= 0.3 is 0 Å². The smallest absolute Gasteiger partial charge is 0.259 e. The zero-order chi connectivity index (χ0) is 19.2. The van der Waals surface area contributed by atoms with E-state index in [1.165, 1.54) is 14.2 Å². The van der Waals surface area contributed by atoms with Crippen molar-refractivity contribution in [3.8, 4) is 17.2 Å². The van der Waals surface area contributed by atoms with E-state index in [1.54, 1.807) is 48.7 Å². The summed E-state index contributed by atoms with van der Waals surface area (Å²) in [6, 6.07) is 12.3. The van der Waals surface area contributed by atoms with E-state index >= 15 is 0 Å². The molecule has 1 heterocycles. The summed E-state index contributed by atoms with van der Waals surface area (Å²) in [5.74, 6) is 2.13. The molecule has 7 nitrogen and oxygen atoms in total.